The van der Waals surface area contributed by atoms with E-state index in [9.17, 15) is 13.2 Å². The molecule has 1 atom stereocenters. The van der Waals surface area contributed by atoms with E-state index in [1.54, 1.807) is 18.2 Å². The Balaban J connectivity index is 1.70. The Morgan fingerprint density at radius 3 is 2.63 bits per heavy atom. The summed E-state index contributed by atoms with van der Waals surface area (Å²) in [6, 6.07) is 6.23. The summed E-state index contributed by atoms with van der Waals surface area (Å²) >= 11 is 0. The Hall–Kier alpha value is -2.88. The van der Waals surface area contributed by atoms with Crippen LogP contribution in [-0.4, -0.2) is 56.1 Å². The average molecular weight is 392 g/mol. The van der Waals surface area contributed by atoms with Gasteiger partial charge in [0.25, 0.3) is 5.91 Å². The van der Waals surface area contributed by atoms with Crippen molar-refractivity contribution in [1.29, 1.82) is 0 Å². The van der Waals surface area contributed by atoms with E-state index in [0.29, 0.717) is 23.6 Å². The minimum atomic E-state index is -3.01. The number of nitrogens with zero attached hydrogens (tertiary/aromatic N) is 2. The minimum Gasteiger partial charge on any atom is -0.493 e. The van der Waals surface area contributed by atoms with Crippen LogP contribution in [0.2, 0.25) is 0 Å². The highest BCUT2D eigenvalue weighted by atomic mass is 32.2. The lowest BCUT2D eigenvalue weighted by Crippen LogP contribution is -2.23. The summed E-state index contributed by atoms with van der Waals surface area (Å²) in [6.45, 7) is 0. The zero-order chi connectivity index (χ0) is 19.4. The molecular formula is C17H20N4O5S. The highest BCUT2D eigenvalue weighted by molar-refractivity contribution is 7.91. The first-order valence-electron chi connectivity index (χ1n) is 8.23. The van der Waals surface area contributed by atoms with Gasteiger partial charge in [-0.3, -0.25) is 4.79 Å². The maximum absolute atomic E-state index is 12.5. The van der Waals surface area contributed by atoms with Crippen LogP contribution in [0.15, 0.2) is 30.5 Å². The summed E-state index contributed by atoms with van der Waals surface area (Å²) < 4.78 is 33.5. The number of methoxy groups -OCH3 is 2. The number of carbonyl (C=O) groups is 1. The van der Waals surface area contributed by atoms with Crippen molar-refractivity contribution in [2.45, 2.75) is 12.5 Å². The Morgan fingerprint density at radius 2 is 1.96 bits per heavy atom. The zero-order valence-electron chi connectivity index (χ0n) is 14.9. The maximum Gasteiger partial charge on any atom is 0.274 e. The summed E-state index contributed by atoms with van der Waals surface area (Å²) in [5, 5.41) is 5.70. The summed E-state index contributed by atoms with van der Waals surface area (Å²) in [7, 11) is 0.0233. The van der Waals surface area contributed by atoms with Crippen LogP contribution in [0.25, 0.3) is 0 Å². The average Bonchev–Trinajstić information content (AvgIpc) is 3.00. The van der Waals surface area contributed by atoms with Gasteiger partial charge in [-0.2, -0.15) is 0 Å². The number of benzene rings is 1. The minimum absolute atomic E-state index is 0.0401. The summed E-state index contributed by atoms with van der Waals surface area (Å²) in [5.74, 6) is 1.02. The van der Waals surface area contributed by atoms with Gasteiger partial charge in [0.2, 0.25) is 5.95 Å². The van der Waals surface area contributed by atoms with Crippen molar-refractivity contribution in [1.82, 2.24) is 9.97 Å². The fraction of sp³-hybridized carbons (Fsp3) is 0.353. The van der Waals surface area contributed by atoms with Crippen LogP contribution in [0.5, 0.6) is 11.5 Å². The number of carbonyl (C=O) groups excluding carboxylic acids is 1. The molecular weight excluding hydrogens is 372 g/mol. The van der Waals surface area contributed by atoms with Gasteiger partial charge in [-0.15, -0.1) is 0 Å². The molecule has 1 saturated heterocycles. The molecule has 1 aromatic carbocycles. The van der Waals surface area contributed by atoms with E-state index in [0.717, 1.165) is 0 Å². The SMILES string of the molecule is COc1ccc(NC(=O)c2ccnc(NC3CCS(=O)(=O)C3)n2)cc1OC. The maximum atomic E-state index is 12.5. The molecule has 1 unspecified atom stereocenters. The summed E-state index contributed by atoms with van der Waals surface area (Å²) in [5.41, 5.74) is 0.677. The first-order chi connectivity index (χ1) is 12.9. The van der Waals surface area contributed by atoms with Crippen molar-refractivity contribution in [2.75, 3.05) is 36.4 Å². The number of anilines is 2. The fourth-order valence-electron chi connectivity index (χ4n) is 2.76. The van der Waals surface area contributed by atoms with Gasteiger partial charge in [0.15, 0.2) is 21.3 Å². The predicted molar refractivity (Wildman–Crippen MR) is 100 cm³/mol. The smallest absolute Gasteiger partial charge is 0.274 e. The van der Waals surface area contributed by atoms with Crippen molar-refractivity contribution in [3.63, 3.8) is 0 Å². The van der Waals surface area contributed by atoms with E-state index in [1.165, 1.54) is 26.5 Å². The van der Waals surface area contributed by atoms with E-state index in [4.69, 9.17) is 9.47 Å². The second-order valence-corrected chi connectivity index (χ2v) is 8.26. The number of ether oxygens (including phenoxy) is 2. The van der Waals surface area contributed by atoms with Crippen LogP contribution in [0, 0.1) is 0 Å². The van der Waals surface area contributed by atoms with E-state index in [-0.39, 0.29) is 29.2 Å². The normalized spacial score (nSPS) is 17.9. The third-order valence-corrected chi connectivity index (χ3v) is 5.86. The molecule has 144 valence electrons. The van der Waals surface area contributed by atoms with Crippen molar-refractivity contribution >= 4 is 27.4 Å². The molecule has 1 aliphatic heterocycles. The van der Waals surface area contributed by atoms with Crippen LogP contribution in [-0.2, 0) is 9.84 Å². The first kappa shape index (κ1) is 18.9. The lowest BCUT2D eigenvalue weighted by atomic mass is 10.2. The molecule has 2 aromatic rings. The molecule has 1 fully saturated rings. The van der Waals surface area contributed by atoms with Gasteiger partial charge in [-0.1, -0.05) is 0 Å². The van der Waals surface area contributed by atoms with Crippen LogP contribution in [0.4, 0.5) is 11.6 Å². The molecule has 9 nitrogen and oxygen atoms in total. The molecule has 27 heavy (non-hydrogen) atoms. The van der Waals surface area contributed by atoms with Crippen LogP contribution < -0.4 is 20.1 Å². The molecule has 0 spiro atoms. The van der Waals surface area contributed by atoms with Gasteiger partial charge < -0.3 is 20.1 Å². The lowest BCUT2D eigenvalue weighted by Gasteiger charge is -2.12. The second-order valence-electron chi connectivity index (χ2n) is 6.03. The molecule has 2 heterocycles. The monoisotopic (exact) mass is 392 g/mol. The summed E-state index contributed by atoms with van der Waals surface area (Å²) in [6.07, 6.45) is 1.94. The van der Waals surface area contributed by atoms with E-state index in [2.05, 4.69) is 20.6 Å². The van der Waals surface area contributed by atoms with Gasteiger partial charge in [-0.05, 0) is 24.6 Å². The fourth-order valence-corrected chi connectivity index (χ4v) is 4.43. The number of amides is 1. The number of hydrogen-bond acceptors (Lipinski definition) is 8. The topological polar surface area (TPSA) is 120 Å². The van der Waals surface area contributed by atoms with Crippen LogP contribution in [0.1, 0.15) is 16.9 Å². The highest BCUT2D eigenvalue weighted by Crippen LogP contribution is 2.29. The van der Waals surface area contributed by atoms with E-state index < -0.39 is 15.7 Å². The molecule has 0 saturated carbocycles. The third kappa shape index (κ3) is 4.64. The van der Waals surface area contributed by atoms with Crippen molar-refractivity contribution in [3.8, 4) is 11.5 Å². The summed E-state index contributed by atoms with van der Waals surface area (Å²) in [4.78, 5) is 20.7. The largest absolute Gasteiger partial charge is 0.493 e. The number of hydrogen-bond donors (Lipinski definition) is 2. The molecule has 1 aromatic heterocycles. The highest BCUT2D eigenvalue weighted by Gasteiger charge is 2.28. The lowest BCUT2D eigenvalue weighted by molar-refractivity contribution is 0.102. The third-order valence-electron chi connectivity index (χ3n) is 4.10. The molecule has 3 rings (SSSR count). The number of aromatic nitrogens is 2. The Morgan fingerprint density at radius 1 is 1.19 bits per heavy atom. The standard InChI is InChI=1S/C17H20N4O5S/c1-25-14-4-3-11(9-15(14)26-2)19-16(22)13-5-7-18-17(21-13)20-12-6-8-27(23,24)10-12/h3-5,7,9,12H,6,8,10H2,1-2H3,(H,19,22)(H,18,20,21). The Labute approximate surface area is 157 Å². The number of nitrogens with one attached hydrogen (secondary N) is 2. The zero-order valence-corrected chi connectivity index (χ0v) is 15.7. The molecule has 10 heteroatoms. The molecule has 1 aliphatic rings. The number of rotatable bonds is 6. The van der Waals surface area contributed by atoms with Crippen LogP contribution >= 0.6 is 0 Å². The van der Waals surface area contributed by atoms with Gasteiger partial charge in [0.1, 0.15) is 5.69 Å². The van der Waals surface area contributed by atoms with Crippen LogP contribution in [0.3, 0.4) is 0 Å². The van der Waals surface area contributed by atoms with Gasteiger partial charge in [0, 0.05) is 24.0 Å². The molecule has 0 aliphatic carbocycles. The Kier molecular flexibility index (Phi) is 5.45. The molecule has 0 bridgehead atoms. The first-order valence-corrected chi connectivity index (χ1v) is 10.1. The second kappa shape index (κ2) is 7.78. The predicted octanol–water partition coefficient (Wildman–Crippen LogP) is 1.35. The molecule has 0 radical (unpaired) electrons. The molecule has 2 N–H and O–H groups in total. The van der Waals surface area contributed by atoms with Gasteiger partial charge in [-0.25, -0.2) is 18.4 Å². The number of sulfone groups is 1. The van der Waals surface area contributed by atoms with E-state index in [1.807, 2.05) is 0 Å². The van der Waals surface area contributed by atoms with Gasteiger partial charge >= 0.3 is 0 Å². The Bertz CT molecular complexity index is 948. The molecule has 1 amide bonds. The van der Waals surface area contributed by atoms with Crippen molar-refractivity contribution < 1.29 is 22.7 Å². The quantitative estimate of drug-likeness (QED) is 0.756. The van der Waals surface area contributed by atoms with E-state index >= 15 is 0 Å². The van der Waals surface area contributed by atoms with Crippen molar-refractivity contribution in [2.24, 2.45) is 0 Å². The van der Waals surface area contributed by atoms with Gasteiger partial charge in [0.05, 0.1) is 25.7 Å². The van der Waals surface area contributed by atoms with Crippen molar-refractivity contribution in [3.05, 3.63) is 36.2 Å².